The monoisotopic (exact) mass is 256 g/mol. The molecule has 0 amide bonds. The topological polar surface area (TPSA) is 72.3 Å². The Morgan fingerprint density at radius 1 is 1.32 bits per heavy atom. The average molecular weight is 256 g/mol. The van der Waals surface area contributed by atoms with Crippen LogP contribution in [0.15, 0.2) is 30.3 Å². The van der Waals surface area contributed by atoms with Crippen molar-refractivity contribution in [3.63, 3.8) is 0 Å². The summed E-state index contributed by atoms with van der Waals surface area (Å²) in [6.45, 7) is 2.07. The van der Waals surface area contributed by atoms with Gasteiger partial charge in [0, 0.05) is 0 Å². The van der Waals surface area contributed by atoms with E-state index in [1.54, 1.807) is 11.4 Å². The molecular weight excluding hydrogens is 244 g/mol. The number of aromatic nitrogens is 4. The van der Waals surface area contributed by atoms with E-state index in [4.69, 9.17) is 4.74 Å². The van der Waals surface area contributed by atoms with Gasteiger partial charge in [0.05, 0.1) is 5.69 Å². The second-order valence-corrected chi connectivity index (χ2v) is 4.11. The van der Waals surface area contributed by atoms with Crippen LogP contribution < -0.4 is 4.74 Å². The number of para-hydroxylation sites is 1. The Morgan fingerprint density at radius 3 is 2.84 bits per heavy atom. The van der Waals surface area contributed by atoms with Gasteiger partial charge in [0.25, 0.3) is 5.78 Å². The van der Waals surface area contributed by atoms with Gasteiger partial charge in [0.2, 0.25) is 0 Å². The molecule has 3 rings (SSSR count). The highest BCUT2D eigenvalue weighted by molar-refractivity contribution is 5.75. The Kier molecular flexibility index (Phi) is 2.75. The summed E-state index contributed by atoms with van der Waals surface area (Å²) in [7, 11) is 0. The zero-order valence-electron chi connectivity index (χ0n) is 10.3. The molecule has 0 spiro atoms. The number of benzene rings is 1. The number of imidazole rings is 1. The maximum absolute atomic E-state index is 11.0. The van der Waals surface area contributed by atoms with E-state index in [-0.39, 0.29) is 0 Å². The summed E-state index contributed by atoms with van der Waals surface area (Å²) in [5.74, 6) is 1.86. The highest BCUT2D eigenvalue weighted by Crippen LogP contribution is 2.12. The fraction of sp³-hybridized carbons (Fsp3) is 0.154. The number of aldehydes is 1. The molecule has 3 aromatic rings. The second kappa shape index (κ2) is 4.56. The minimum absolute atomic E-state index is 0.296. The van der Waals surface area contributed by atoms with E-state index >= 15 is 0 Å². The lowest BCUT2D eigenvalue weighted by Gasteiger charge is -2.02. The minimum atomic E-state index is 0.296. The zero-order chi connectivity index (χ0) is 13.2. The van der Waals surface area contributed by atoms with Gasteiger partial charge in [-0.1, -0.05) is 18.2 Å². The number of nitrogens with zero attached hydrogens (tertiary/aromatic N) is 3. The third-order valence-electron chi connectivity index (χ3n) is 2.79. The smallest absolute Gasteiger partial charge is 0.251 e. The van der Waals surface area contributed by atoms with Crippen LogP contribution in [0.3, 0.4) is 0 Å². The standard InChI is InChI=1S/C13H12N4O2/c1-9-11(7-18)17-13(14-9)15-12(16-17)8-19-10-5-3-2-4-6-10/h2-7H,8H2,1H3,(H,14,15,16). The first kappa shape index (κ1) is 11.5. The maximum Gasteiger partial charge on any atom is 0.251 e. The van der Waals surface area contributed by atoms with Crippen LogP contribution >= 0.6 is 0 Å². The number of H-pyrrole nitrogens is 1. The predicted molar refractivity (Wildman–Crippen MR) is 68.2 cm³/mol. The molecular formula is C13H12N4O2. The van der Waals surface area contributed by atoms with Gasteiger partial charge in [-0.2, -0.15) is 4.98 Å². The van der Waals surface area contributed by atoms with Crippen LogP contribution in [0.5, 0.6) is 5.75 Å². The Labute approximate surface area is 109 Å². The predicted octanol–water partition coefficient (Wildman–Crippen LogP) is 1.76. The Morgan fingerprint density at radius 2 is 2.11 bits per heavy atom. The molecule has 0 atom stereocenters. The van der Waals surface area contributed by atoms with Gasteiger partial charge in [0.1, 0.15) is 18.1 Å². The number of carbonyl (C=O) groups excluding carboxylic acids is 1. The molecule has 2 heterocycles. The van der Waals surface area contributed by atoms with Crippen molar-refractivity contribution in [1.29, 1.82) is 0 Å². The molecule has 0 aliphatic heterocycles. The Hall–Kier alpha value is -2.63. The lowest BCUT2D eigenvalue weighted by atomic mass is 10.3. The van der Waals surface area contributed by atoms with Crippen molar-refractivity contribution in [1.82, 2.24) is 19.6 Å². The molecule has 1 N–H and O–H groups in total. The van der Waals surface area contributed by atoms with Gasteiger partial charge in [-0.05, 0) is 19.1 Å². The van der Waals surface area contributed by atoms with Gasteiger partial charge in [-0.25, -0.2) is 9.50 Å². The fourth-order valence-corrected chi connectivity index (χ4v) is 1.86. The van der Waals surface area contributed by atoms with Gasteiger partial charge in [-0.15, -0.1) is 0 Å². The van der Waals surface area contributed by atoms with Crippen LogP contribution in [0.1, 0.15) is 22.0 Å². The second-order valence-electron chi connectivity index (χ2n) is 4.11. The molecule has 0 aliphatic carbocycles. The molecule has 0 aliphatic rings. The van der Waals surface area contributed by atoms with Gasteiger partial charge < -0.3 is 4.74 Å². The number of aryl methyl sites for hydroxylation is 1. The molecule has 96 valence electrons. The van der Waals surface area contributed by atoms with Crippen LogP contribution in [0.2, 0.25) is 0 Å². The van der Waals surface area contributed by atoms with E-state index in [2.05, 4.69) is 15.1 Å². The molecule has 0 radical (unpaired) electrons. The summed E-state index contributed by atoms with van der Waals surface area (Å²) in [5, 5.41) is 2.99. The van der Waals surface area contributed by atoms with Crippen molar-refractivity contribution in [2.45, 2.75) is 13.5 Å². The molecule has 2 aromatic heterocycles. The molecule has 6 heteroatoms. The minimum Gasteiger partial charge on any atom is -0.486 e. The van der Waals surface area contributed by atoms with Crippen LogP contribution in [0, 0.1) is 6.92 Å². The first-order valence-corrected chi connectivity index (χ1v) is 5.85. The van der Waals surface area contributed by atoms with Crippen molar-refractivity contribution in [2.75, 3.05) is 0 Å². The van der Waals surface area contributed by atoms with Gasteiger partial charge in [-0.3, -0.25) is 9.89 Å². The fourth-order valence-electron chi connectivity index (χ4n) is 1.86. The van der Waals surface area contributed by atoms with E-state index in [0.717, 1.165) is 12.0 Å². The third kappa shape index (κ3) is 2.08. The van der Waals surface area contributed by atoms with Crippen LogP contribution in [0.4, 0.5) is 0 Å². The highest BCUT2D eigenvalue weighted by Gasteiger charge is 2.12. The number of ether oxygens (including phenoxy) is 1. The van der Waals surface area contributed by atoms with Crippen molar-refractivity contribution in [3.8, 4) is 5.75 Å². The van der Waals surface area contributed by atoms with Crippen LogP contribution in [-0.4, -0.2) is 25.9 Å². The zero-order valence-corrected chi connectivity index (χ0v) is 10.3. The Bertz CT molecular complexity index is 715. The summed E-state index contributed by atoms with van der Waals surface area (Å²) >= 11 is 0. The lowest BCUT2D eigenvalue weighted by Crippen LogP contribution is -2.00. The van der Waals surface area contributed by atoms with Crippen LogP contribution in [-0.2, 0) is 6.61 Å². The van der Waals surface area contributed by atoms with Crippen molar-refractivity contribution in [2.24, 2.45) is 0 Å². The number of carbonyl (C=O) groups is 1. The third-order valence-corrected chi connectivity index (χ3v) is 2.79. The Balaban J connectivity index is 1.82. The van der Waals surface area contributed by atoms with E-state index < -0.39 is 0 Å². The molecule has 0 bridgehead atoms. The summed E-state index contributed by atoms with van der Waals surface area (Å²) in [6.07, 6.45) is 0.759. The lowest BCUT2D eigenvalue weighted by molar-refractivity contribution is 0.111. The number of aromatic amines is 1. The number of nitrogens with one attached hydrogen (secondary N) is 1. The van der Waals surface area contributed by atoms with E-state index in [9.17, 15) is 4.79 Å². The average Bonchev–Trinajstić information content (AvgIpc) is 2.93. The van der Waals surface area contributed by atoms with Crippen molar-refractivity contribution in [3.05, 3.63) is 47.5 Å². The molecule has 1 aromatic carbocycles. The molecule has 0 saturated heterocycles. The molecule has 19 heavy (non-hydrogen) atoms. The normalized spacial score (nSPS) is 10.8. The van der Waals surface area contributed by atoms with Crippen LogP contribution in [0.25, 0.3) is 5.78 Å². The quantitative estimate of drug-likeness (QED) is 0.722. The highest BCUT2D eigenvalue weighted by atomic mass is 16.5. The van der Waals surface area contributed by atoms with Crippen molar-refractivity contribution >= 4 is 12.1 Å². The molecule has 0 unspecified atom stereocenters. The first-order chi connectivity index (χ1) is 9.28. The first-order valence-electron chi connectivity index (χ1n) is 5.85. The number of hydrogen-bond donors (Lipinski definition) is 1. The number of fused-ring (bicyclic) bond motifs is 1. The van der Waals surface area contributed by atoms with Gasteiger partial charge in [0.15, 0.2) is 12.1 Å². The van der Waals surface area contributed by atoms with E-state index in [1.165, 1.54) is 0 Å². The van der Waals surface area contributed by atoms with E-state index in [0.29, 0.717) is 29.6 Å². The SMILES string of the molecule is Cc1nc2nc(COc3ccccc3)[nH]n2c1C=O. The summed E-state index contributed by atoms with van der Waals surface area (Å²) in [4.78, 5) is 19.4. The number of rotatable bonds is 4. The van der Waals surface area contributed by atoms with Crippen molar-refractivity contribution < 1.29 is 9.53 Å². The molecule has 0 fully saturated rings. The number of hydrogen-bond acceptors (Lipinski definition) is 4. The summed E-state index contributed by atoms with van der Waals surface area (Å²) in [5.41, 5.74) is 1.14. The molecule has 6 nitrogen and oxygen atoms in total. The molecule has 0 saturated carbocycles. The largest absolute Gasteiger partial charge is 0.486 e. The summed E-state index contributed by atoms with van der Waals surface area (Å²) < 4.78 is 7.13. The maximum atomic E-state index is 11.0. The van der Waals surface area contributed by atoms with E-state index in [1.807, 2.05) is 30.3 Å². The summed E-state index contributed by atoms with van der Waals surface area (Å²) in [6, 6.07) is 9.47. The van der Waals surface area contributed by atoms with Gasteiger partial charge >= 0.3 is 0 Å².